The average molecular weight is 373 g/mol. The molecule has 1 aliphatic carbocycles. The van der Waals surface area contributed by atoms with Gasteiger partial charge in [0.15, 0.2) is 11.5 Å². The van der Waals surface area contributed by atoms with Gasteiger partial charge in [-0.25, -0.2) is 0 Å². The summed E-state index contributed by atoms with van der Waals surface area (Å²) >= 11 is 0. The lowest BCUT2D eigenvalue weighted by molar-refractivity contribution is -0.153. The van der Waals surface area contributed by atoms with Gasteiger partial charge < -0.3 is 19.1 Å². The normalized spacial score (nSPS) is 21.6. The summed E-state index contributed by atoms with van der Waals surface area (Å²) < 4.78 is 15.5. The first-order valence-corrected chi connectivity index (χ1v) is 8.77. The monoisotopic (exact) mass is 373 g/mol. The van der Waals surface area contributed by atoms with Gasteiger partial charge in [-0.05, 0) is 24.1 Å². The van der Waals surface area contributed by atoms with E-state index in [1.54, 1.807) is 25.2 Å². The Morgan fingerprint density at radius 1 is 1.11 bits per heavy atom. The van der Waals surface area contributed by atoms with E-state index >= 15 is 0 Å². The number of likely N-dealkylation sites (tertiary alicyclic amines) is 1. The van der Waals surface area contributed by atoms with Crippen molar-refractivity contribution in [3.05, 3.63) is 35.5 Å². The molecule has 0 spiro atoms. The molecule has 0 radical (unpaired) electrons. The second-order valence-corrected chi connectivity index (χ2v) is 6.74. The maximum absolute atomic E-state index is 12.6. The van der Waals surface area contributed by atoms with Crippen LogP contribution in [0.5, 0.6) is 11.5 Å². The highest BCUT2D eigenvalue weighted by atomic mass is 16.5. The standard InChI is InChI=1S/C20H23NO6/c1-25-15-6-4-13(10-16(15)26-2)8-9-21-17-7-5-14(22)11-20(17,12-18(21)23)19(24)27-3/h4,6-7,10H,5,8-9,11-12H2,1-3H3. The Hall–Kier alpha value is -2.83. The van der Waals surface area contributed by atoms with Crippen LogP contribution in [0, 0.1) is 5.41 Å². The van der Waals surface area contributed by atoms with E-state index in [1.807, 2.05) is 18.2 Å². The number of nitrogens with zero attached hydrogens (tertiary/aromatic N) is 1. The zero-order chi connectivity index (χ0) is 19.6. The van der Waals surface area contributed by atoms with Crippen LogP contribution in [0.4, 0.5) is 0 Å². The Morgan fingerprint density at radius 2 is 1.85 bits per heavy atom. The fraction of sp³-hybridized carbons (Fsp3) is 0.450. The van der Waals surface area contributed by atoms with E-state index in [9.17, 15) is 14.4 Å². The van der Waals surface area contributed by atoms with E-state index in [2.05, 4.69) is 0 Å². The number of hydrogen-bond acceptors (Lipinski definition) is 6. The number of ether oxygens (including phenoxy) is 3. The molecule has 1 atom stereocenters. The van der Waals surface area contributed by atoms with E-state index in [4.69, 9.17) is 14.2 Å². The molecular formula is C20H23NO6. The van der Waals surface area contributed by atoms with Crippen molar-refractivity contribution in [1.82, 2.24) is 4.90 Å². The summed E-state index contributed by atoms with van der Waals surface area (Å²) in [4.78, 5) is 38.6. The molecule has 3 rings (SSSR count). The number of amides is 1. The summed E-state index contributed by atoms with van der Waals surface area (Å²) in [5, 5.41) is 0. The summed E-state index contributed by atoms with van der Waals surface area (Å²) in [6, 6.07) is 5.59. The fourth-order valence-corrected chi connectivity index (χ4v) is 3.88. The second-order valence-electron chi connectivity index (χ2n) is 6.74. The fourth-order valence-electron chi connectivity index (χ4n) is 3.88. The van der Waals surface area contributed by atoms with Crippen LogP contribution in [0.3, 0.4) is 0 Å². The number of Topliss-reactive ketones (excluding diaryl/α,β-unsaturated/α-hetero) is 1. The molecule has 27 heavy (non-hydrogen) atoms. The number of esters is 1. The van der Waals surface area contributed by atoms with Crippen LogP contribution in [-0.2, 0) is 25.5 Å². The molecule has 0 N–H and O–H groups in total. The zero-order valence-corrected chi connectivity index (χ0v) is 15.7. The van der Waals surface area contributed by atoms with E-state index in [0.717, 1.165) is 5.56 Å². The molecule has 0 saturated carbocycles. The van der Waals surface area contributed by atoms with Gasteiger partial charge in [-0.15, -0.1) is 0 Å². The lowest BCUT2D eigenvalue weighted by atomic mass is 9.75. The predicted octanol–water partition coefficient (Wildman–Crippen LogP) is 1.88. The number of rotatable bonds is 6. The molecule has 1 aliphatic heterocycles. The van der Waals surface area contributed by atoms with Gasteiger partial charge in [0.05, 0.1) is 21.3 Å². The number of benzene rings is 1. The molecule has 0 bridgehead atoms. The quantitative estimate of drug-likeness (QED) is 0.708. The van der Waals surface area contributed by atoms with E-state index in [0.29, 0.717) is 30.2 Å². The molecule has 0 aromatic heterocycles. The molecule has 1 aromatic carbocycles. The SMILES string of the molecule is COC(=O)C12CC(=O)CC=C1N(CCc1ccc(OC)c(OC)c1)C(=O)C2. The third-order valence-corrected chi connectivity index (χ3v) is 5.21. The minimum atomic E-state index is -1.17. The van der Waals surface area contributed by atoms with Crippen LogP contribution in [0.1, 0.15) is 24.8 Å². The van der Waals surface area contributed by atoms with Gasteiger partial charge >= 0.3 is 5.97 Å². The topological polar surface area (TPSA) is 82.1 Å². The highest BCUT2D eigenvalue weighted by Gasteiger charge is 2.56. The molecule has 1 heterocycles. The highest BCUT2D eigenvalue weighted by Crippen LogP contribution is 2.47. The largest absolute Gasteiger partial charge is 0.493 e. The van der Waals surface area contributed by atoms with Gasteiger partial charge in [0.25, 0.3) is 0 Å². The van der Waals surface area contributed by atoms with Crippen LogP contribution in [0.2, 0.25) is 0 Å². The molecule has 2 aliphatic rings. The molecule has 1 saturated heterocycles. The molecule has 1 fully saturated rings. The van der Waals surface area contributed by atoms with Gasteiger partial charge in [0, 0.05) is 31.5 Å². The highest BCUT2D eigenvalue weighted by molar-refractivity contribution is 6.00. The average Bonchev–Trinajstić information content (AvgIpc) is 2.96. The minimum Gasteiger partial charge on any atom is -0.493 e. The van der Waals surface area contributed by atoms with Crippen LogP contribution < -0.4 is 9.47 Å². The molecule has 7 heteroatoms. The number of methoxy groups -OCH3 is 3. The lowest BCUT2D eigenvalue weighted by Gasteiger charge is -2.31. The first-order valence-electron chi connectivity index (χ1n) is 8.77. The summed E-state index contributed by atoms with van der Waals surface area (Å²) in [5.74, 6) is 0.509. The van der Waals surface area contributed by atoms with Gasteiger partial charge in [-0.3, -0.25) is 14.4 Å². The number of carbonyl (C=O) groups is 3. The maximum Gasteiger partial charge on any atom is 0.318 e. The molecule has 1 unspecified atom stereocenters. The van der Waals surface area contributed by atoms with E-state index in [1.165, 1.54) is 7.11 Å². The number of ketones is 1. The Bertz CT molecular complexity index is 815. The molecular weight excluding hydrogens is 350 g/mol. The number of fused-ring (bicyclic) bond motifs is 1. The van der Waals surface area contributed by atoms with Crippen molar-refractivity contribution in [2.45, 2.75) is 25.7 Å². The Morgan fingerprint density at radius 3 is 2.52 bits per heavy atom. The first-order chi connectivity index (χ1) is 12.9. The summed E-state index contributed by atoms with van der Waals surface area (Å²) in [6.07, 6.45) is 2.50. The summed E-state index contributed by atoms with van der Waals surface area (Å²) in [5.41, 5.74) is 0.404. The minimum absolute atomic E-state index is 0.0180. The van der Waals surface area contributed by atoms with Crippen LogP contribution >= 0.6 is 0 Å². The third kappa shape index (κ3) is 3.29. The summed E-state index contributed by atoms with van der Waals surface area (Å²) in [7, 11) is 4.43. The smallest absolute Gasteiger partial charge is 0.318 e. The maximum atomic E-state index is 12.6. The van der Waals surface area contributed by atoms with Crippen LogP contribution in [0.15, 0.2) is 30.0 Å². The third-order valence-electron chi connectivity index (χ3n) is 5.21. The van der Waals surface area contributed by atoms with Gasteiger partial charge in [0.1, 0.15) is 11.2 Å². The first kappa shape index (κ1) is 18.9. The van der Waals surface area contributed by atoms with Crippen molar-refractivity contribution in [2.24, 2.45) is 5.41 Å². The lowest BCUT2D eigenvalue weighted by Crippen LogP contribution is -2.38. The van der Waals surface area contributed by atoms with Gasteiger partial charge in [-0.1, -0.05) is 12.1 Å². The van der Waals surface area contributed by atoms with Crippen molar-refractivity contribution < 1.29 is 28.6 Å². The van der Waals surface area contributed by atoms with Crippen molar-refractivity contribution in [2.75, 3.05) is 27.9 Å². The zero-order valence-electron chi connectivity index (χ0n) is 15.7. The second kappa shape index (κ2) is 7.42. The van der Waals surface area contributed by atoms with Gasteiger partial charge in [0.2, 0.25) is 5.91 Å². The Balaban J connectivity index is 1.82. The van der Waals surface area contributed by atoms with Crippen molar-refractivity contribution in [3.63, 3.8) is 0 Å². The Labute approximate surface area is 157 Å². The van der Waals surface area contributed by atoms with E-state index < -0.39 is 11.4 Å². The van der Waals surface area contributed by atoms with Gasteiger partial charge in [-0.2, -0.15) is 0 Å². The van der Waals surface area contributed by atoms with Crippen molar-refractivity contribution in [1.29, 1.82) is 0 Å². The molecule has 1 aromatic rings. The van der Waals surface area contributed by atoms with E-state index in [-0.39, 0.29) is 31.0 Å². The van der Waals surface area contributed by atoms with Crippen LogP contribution in [0.25, 0.3) is 0 Å². The van der Waals surface area contributed by atoms with Crippen molar-refractivity contribution in [3.8, 4) is 11.5 Å². The Kier molecular flexibility index (Phi) is 5.21. The van der Waals surface area contributed by atoms with Crippen LogP contribution in [-0.4, -0.2) is 50.4 Å². The molecule has 1 amide bonds. The molecule has 7 nitrogen and oxygen atoms in total. The summed E-state index contributed by atoms with van der Waals surface area (Å²) in [6.45, 7) is 0.410. The predicted molar refractivity (Wildman–Crippen MR) is 96.4 cm³/mol. The van der Waals surface area contributed by atoms with Crippen molar-refractivity contribution >= 4 is 17.7 Å². The number of hydrogen-bond donors (Lipinski definition) is 0. The number of carbonyl (C=O) groups excluding carboxylic acids is 3. The number of allylic oxidation sites excluding steroid dienone is 1. The molecule has 144 valence electrons.